The molecule has 0 radical (unpaired) electrons. The van der Waals surface area contributed by atoms with Crippen LogP contribution in [0.1, 0.15) is 31.2 Å². The molecule has 2 aliphatic rings. The Hall–Kier alpha value is -1.40. The van der Waals surface area contributed by atoms with Gasteiger partial charge in [-0.1, -0.05) is 0 Å². The summed E-state index contributed by atoms with van der Waals surface area (Å²) in [5.74, 6) is 0.00854. The largest absolute Gasteiger partial charge is 0.389 e. The van der Waals surface area contributed by atoms with Gasteiger partial charge in [0, 0.05) is 19.3 Å². The molecule has 2 fully saturated rings. The first-order valence-corrected chi connectivity index (χ1v) is 8.23. The summed E-state index contributed by atoms with van der Waals surface area (Å²) in [5.41, 5.74) is 1.05. The van der Waals surface area contributed by atoms with Gasteiger partial charge < -0.3 is 10.0 Å². The molecule has 1 saturated carbocycles. The standard InChI is InChI=1S/C16H26N4O2/c1-12-9-17-20(10-12)11-15(21)18(2)13-5-6-14(16(13)22)19-7-3-4-8-19/h9-10,13-14,16,22H,3-8,11H2,1-2H3/t13-,14-,16-/m1/s1. The van der Waals surface area contributed by atoms with Crippen molar-refractivity contribution in [3.63, 3.8) is 0 Å². The third kappa shape index (κ3) is 3.03. The first kappa shape index (κ1) is 15.5. The third-order valence-electron chi connectivity index (χ3n) is 5.11. The van der Waals surface area contributed by atoms with E-state index in [1.165, 1.54) is 12.8 Å². The summed E-state index contributed by atoms with van der Waals surface area (Å²) in [7, 11) is 1.80. The van der Waals surface area contributed by atoms with E-state index in [1.807, 2.05) is 13.1 Å². The zero-order valence-electron chi connectivity index (χ0n) is 13.5. The highest BCUT2D eigenvalue weighted by atomic mass is 16.3. The minimum atomic E-state index is -0.439. The maximum Gasteiger partial charge on any atom is 0.244 e. The monoisotopic (exact) mass is 306 g/mol. The molecule has 22 heavy (non-hydrogen) atoms. The number of aryl methyl sites for hydroxylation is 1. The molecule has 1 amide bonds. The minimum absolute atomic E-state index is 0.00854. The van der Waals surface area contributed by atoms with E-state index in [1.54, 1.807) is 22.8 Å². The van der Waals surface area contributed by atoms with Crippen molar-refractivity contribution in [2.24, 2.45) is 0 Å². The number of aromatic nitrogens is 2. The van der Waals surface area contributed by atoms with Gasteiger partial charge in [-0.3, -0.25) is 14.4 Å². The van der Waals surface area contributed by atoms with E-state index in [2.05, 4.69) is 10.00 Å². The van der Waals surface area contributed by atoms with Gasteiger partial charge in [0.1, 0.15) is 6.54 Å². The van der Waals surface area contributed by atoms with Crippen LogP contribution < -0.4 is 0 Å². The molecule has 3 rings (SSSR count). The SMILES string of the molecule is Cc1cnn(CC(=O)N(C)[C@@H]2CC[C@@H](N3CCCC3)[C@@H]2O)c1. The quantitative estimate of drug-likeness (QED) is 0.887. The second-order valence-corrected chi connectivity index (χ2v) is 6.67. The van der Waals surface area contributed by atoms with Crippen molar-refractivity contribution in [2.75, 3.05) is 20.1 Å². The highest BCUT2D eigenvalue weighted by Gasteiger charge is 2.41. The van der Waals surface area contributed by atoms with Gasteiger partial charge in [0.2, 0.25) is 5.91 Å². The number of nitrogens with zero attached hydrogens (tertiary/aromatic N) is 4. The zero-order chi connectivity index (χ0) is 15.7. The molecular weight excluding hydrogens is 280 g/mol. The van der Waals surface area contributed by atoms with E-state index >= 15 is 0 Å². The Kier molecular flexibility index (Phi) is 4.49. The third-order valence-corrected chi connectivity index (χ3v) is 5.11. The number of hydrogen-bond donors (Lipinski definition) is 1. The Morgan fingerprint density at radius 2 is 2.14 bits per heavy atom. The first-order chi connectivity index (χ1) is 10.6. The van der Waals surface area contributed by atoms with E-state index in [0.717, 1.165) is 31.5 Å². The number of likely N-dealkylation sites (tertiary alicyclic amines) is 1. The van der Waals surface area contributed by atoms with Gasteiger partial charge in [-0.05, 0) is 51.3 Å². The summed E-state index contributed by atoms with van der Waals surface area (Å²) < 4.78 is 1.66. The summed E-state index contributed by atoms with van der Waals surface area (Å²) in [6.45, 7) is 4.36. The number of amides is 1. The van der Waals surface area contributed by atoms with Gasteiger partial charge in [-0.25, -0.2) is 0 Å². The van der Waals surface area contributed by atoms with Crippen LogP contribution in [0.5, 0.6) is 0 Å². The van der Waals surface area contributed by atoms with Crippen molar-refractivity contribution in [1.82, 2.24) is 19.6 Å². The lowest BCUT2D eigenvalue weighted by atomic mass is 10.1. The predicted molar refractivity (Wildman–Crippen MR) is 83.4 cm³/mol. The fourth-order valence-corrected chi connectivity index (χ4v) is 3.82. The summed E-state index contributed by atoms with van der Waals surface area (Å²) in [5, 5.41) is 14.8. The van der Waals surface area contributed by atoms with Crippen LogP contribution in [-0.4, -0.2) is 68.9 Å². The number of hydrogen-bond acceptors (Lipinski definition) is 4. The lowest BCUT2D eigenvalue weighted by Crippen LogP contribution is -2.49. The van der Waals surface area contributed by atoms with E-state index in [4.69, 9.17) is 0 Å². The van der Waals surface area contributed by atoms with Crippen LogP contribution in [0.25, 0.3) is 0 Å². The Balaban J connectivity index is 1.59. The summed E-state index contributed by atoms with van der Waals surface area (Å²) >= 11 is 0. The summed E-state index contributed by atoms with van der Waals surface area (Å²) in [6.07, 6.45) is 7.48. The molecule has 1 N–H and O–H groups in total. The fraction of sp³-hybridized carbons (Fsp3) is 0.750. The van der Waals surface area contributed by atoms with Gasteiger partial charge in [0.15, 0.2) is 0 Å². The smallest absolute Gasteiger partial charge is 0.244 e. The van der Waals surface area contributed by atoms with Crippen LogP contribution in [0.3, 0.4) is 0 Å². The van der Waals surface area contributed by atoms with E-state index in [0.29, 0.717) is 0 Å². The summed E-state index contributed by atoms with van der Waals surface area (Å²) in [6, 6.07) is 0.143. The van der Waals surface area contributed by atoms with Crippen molar-refractivity contribution in [3.8, 4) is 0 Å². The first-order valence-electron chi connectivity index (χ1n) is 8.23. The average Bonchev–Trinajstić information content (AvgIpc) is 3.19. The van der Waals surface area contributed by atoms with Crippen molar-refractivity contribution in [1.29, 1.82) is 0 Å². The molecule has 1 aliphatic carbocycles. The maximum absolute atomic E-state index is 12.4. The molecule has 1 aromatic rings. The normalized spacial score (nSPS) is 29.1. The molecule has 1 saturated heterocycles. The molecule has 6 nitrogen and oxygen atoms in total. The highest BCUT2D eigenvalue weighted by Crippen LogP contribution is 2.30. The van der Waals surface area contributed by atoms with Gasteiger partial charge in [0.05, 0.1) is 18.3 Å². The van der Waals surface area contributed by atoms with Gasteiger partial charge in [0.25, 0.3) is 0 Å². The molecule has 0 aromatic carbocycles. The molecule has 3 atom stereocenters. The molecule has 1 aliphatic heterocycles. The van der Waals surface area contributed by atoms with Gasteiger partial charge in [-0.2, -0.15) is 5.10 Å². The minimum Gasteiger partial charge on any atom is -0.389 e. The number of rotatable bonds is 4. The predicted octanol–water partition coefficient (Wildman–Crippen LogP) is 0.638. The van der Waals surface area contributed by atoms with Crippen molar-refractivity contribution >= 4 is 5.91 Å². The number of aliphatic hydroxyl groups excluding tert-OH is 1. The van der Waals surface area contributed by atoms with Gasteiger partial charge in [-0.15, -0.1) is 0 Å². The fourth-order valence-electron chi connectivity index (χ4n) is 3.82. The Morgan fingerprint density at radius 1 is 1.41 bits per heavy atom. The summed E-state index contributed by atoms with van der Waals surface area (Å²) in [4.78, 5) is 16.5. The Morgan fingerprint density at radius 3 is 2.77 bits per heavy atom. The lowest BCUT2D eigenvalue weighted by Gasteiger charge is -2.32. The van der Waals surface area contributed by atoms with Crippen LogP contribution in [-0.2, 0) is 11.3 Å². The zero-order valence-corrected chi connectivity index (χ0v) is 13.5. The second-order valence-electron chi connectivity index (χ2n) is 6.67. The molecule has 1 aromatic heterocycles. The lowest BCUT2D eigenvalue weighted by molar-refractivity contribution is -0.135. The van der Waals surface area contributed by atoms with E-state index in [9.17, 15) is 9.90 Å². The van der Waals surface area contributed by atoms with E-state index < -0.39 is 6.10 Å². The topological polar surface area (TPSA) is 61.6 Å². The second kappa shape index (κ2) is 6.38. The average molecular weight is 306 g/mol. The van der Waals surface area contributed by atoms with Crippen molar-refractivity contribution < 1.29 is 9.90 Å². The van der Waals surface area contributed by atoms with E-state index in [-0.39, 0.29) is 24.5 Å². The van der Waals surface area contributed by atoms with Gasteiger partial charge >= 0.3 is 0 Å². The number of aliphatic hydroxyl groups is 1. The van der Waals surface area contributed by atoms with Crippen molar-refractivity contribution in [2.45, 2.75) is 57.3 Å². The molecule has 6 heteroatoms. The molecule has 0 unspecified atom stereocenters. The molecule has 2 heterocycles. The molecule has 122 valence electrons. The number of carbonyl (C=O) groups is 1. The number of carbonyl (C=O) groups excluding carboxylic acids is 1. The van der Waals surface area contributed by atoms with Crippen LogP contribution >= 0.6 is 0 Å². The highest BCUT2D eigenvalue weighted by molar-refractivity contribution is 5.76. The Bertz CT molecular complexity index is 524. The van der Waals surface area contributed by atoms with Crippen LogP contribution in [0, 0.1) is 6.92 Å². The maximum atomic E-state index is 12.4. The van der Waals surface area contributed by atoms with Crippen LogP contribution in [0.4, 0.5) is 0 Å². The molecule has 0 spiro atoms. The van der Waals surface area contributed by atoms with Crippen LogP contribution in [0.2, 0.25) is 0 Å². The van der Waals surface area contributed by atoms with Crippen molar-refractivity contribution in [3.05, 3.63) is 18.0 Å². The number of likely N-dealkylation sites (N-methyl/N-ethyl adjacent to an activating group) is 1. The Labute approximate surface area is 131 Å². The van der Waals surface area contributed by atoms with Crippen LogP contribution in [0.15, 0.2) is 12.4 Å². The molecular formula is C16H26N4O2. The molecule has 0 bridgehead atoms.